The van der Waals surface area contributed by atoms with E-state index in [4.69, 9.17) is 17.3 Å². The van der Waals surface area contributed by atoms with Gasteiger partial charge in [0.2, 0.25) is 5.43 Å². The van der Waals surface area contributed by atoms with Gasteiger partial charge in [0.15, 0.2) is 23.3 Å². The quantitative estimate of drug-likeness (QED) is 0.528. The zero-order valence-electron chi connectivity index (χ0n) is 16.6. The van der Waals surface area contributed by atoms with Gasteiger partial charge in [-0.25, -0.2) is 22.9 Å². The number of carbonyl (C=O) groups is 1. The number of carboxylic acids is 1. The van der Waals surface area contributed by atoms with Crippen LogP contribution in [0, 0.1) is 17.5 Å². The summed E-state index contributed by atoms with van der Waals surface area (Å²) in [5.41, 5.74) is 3.46. The molecule has 1 aliphatic rings. The molecule has 0 saturated carbocycles. The van der Waals surface area contributed by atoms with E-state index < -0.39 is 51.4 Å². The number of fused-ring (bicyclic) bond motifs is 1. The van der Waals surface area contributed by atoms with Gasteiger partial charge < -0.3 is 21.1 Å². The molecule has 12 heteroatoms. The lowest BCUT2D eigenvalue weighted by Crippen LogP contribution is -2.58. The molecule has 0 radical (unpaired) electrons. The smallest absolute Gasteiger partial charge is 0.341 e. The number of hydrogen-bond donors (Lipinski definition) is 3. The first-order chi connectivity index (χ1) is 15.1. The van der Waals surface area contributed by atoms with Crippen LogP contribution in [-0.4, -0.2) is 46.3 Å². The molecule has 168 valence electrons. The van der Waals surface area contributed by atoms with Crippen molar-refractivity contribution in [1.29, 1.82) is 0 Å². The first kappa shape index (κ1) is 21.9. The minimum absolute atomic E-state index is 0.0277. The molecule has 1 aromatic carbocycles. The molecule has 8 nitrogen and oxygen atoms in total. The van der Waals surface area contributed by atoms with Crippen LogP contribution in [0.5, 0.6) is 0 Å². The van der Waals surface area contributed by atoms with E-state index in [0.29, 0.717) is 19.2 Å². The summed E-state index contributed by atoms with van der Waals surface area (Å²) in [6.07, 6.45) is 0.806. The van der Waals surface area contributed by atoms with E-state index in [9.17, 15) is 23.5 Å². The monoisotopic (exact) mass is 467 g/mol. The molecule has 1 saturated heterocycles. The van der Waals surface area contributed by atoms with Gasteiger partial charge in [0.1, 0.15) is 11.4 Å². The molecule has 3 heterocycles. The first-order valence-corrected chi connectivity index (χ1v) is 9.92. The Morgan fingerprint density at radius 2 is 1.97 bits per heavy atom. The van der Waals surface area contributed by atoms with Gasteiger partial charge in [-0.3, -0.25) is 9.36 Å². The van der Waals surface area contributed by atoms with Crippen molar-refractivity contribution in [3.05, 3.63) is 56.6 Å². The van der Waals surface area contributed by atoms with E-state index in [2.05, 4.69) is 10.3 Å². The molecule has 4 rings (SSSR count). The van der Waals surface area contributed by atoms with Crippen LogP contribution in [0.15, 0.2) is 23.1 Å². The van der Waals surface area contributed by atoms with Gasteiger partial charge in [-0.1, -0.05) is 18.5 Å². The second kappa shape index (κ2) is 7.99. The summed E-state index contributed by atoms with van der Waals surface area (Å²) in [6.45, 7) is 3.52. The number of nitrogens with zero attached hydrogens (tertiary/aromatic N) is 3. The highest BCUT2D eigenvalue weighted by atomic mass is 35.5. The van der Waals surface area contributed by atoms with Crippen LogP contribution in [0.25, 0.3) is 16.7 Å². The molecule has 4 N–H and O–H groups in total. The van der Waals surface area contributed by atoms with Gasteiger partial charge >= 0.3 is 5.97 Å². The Morgan fingerprint density at radius 1 is 1.28 bits per heavy atom. The molecule has 0 amide bonds. The Bertz CT molecular complexity index is 1320. The molecular formula is C20H17ClF3N5O3. The number of hydrogen-bond acceptors (Lipinski definition) is 6. The lowest BCUT2D eigenvalue weighted by atomic mass is 10.0. The zero-order chi connectivity index (χ0) is 23.3. The average Bonchev–Trinajstić information content (AvgIpc) is 2.69. The third-order valence-electron chi connectivity index (χ3n) is 5.24. The number of rotatable bonds is 5. The van der Waals surface area contributed by atoms with Gasteiger partial charge in [0, 0.05) is 31.4 Å². The Labute approximate surface area is 184 Å². The van der Waals surface area contributed by atoms with Crippen LogP contribution in [0.2, 0.25) is 5.02 Å². The van der Waals surface area contributed by atoms with Crippen LogP contribution < -0.4 is 21.4 Å². The fraction of sp³-hybridized carbons (Fsp3) is 0.250. The number of benzene rings is 1. The van der Waals surface area contributed by atoms with E-state index in [1.54, 1.807) is 4.90 Å². The number of aromatic nitrogens is 2. The Hall–Kier alpha value is -3.31. The summed E-state index contributed by atoms with van der Waals surface area (Å²) in [6, 6.07) is 1.43. The van der Waals surface area contributed by atoms with Crippen molar-refractivity contribution in [2.24, 2.45) is 0 Å². The first-order valence-electron chi connectivity index (χ1n) is 9.54. The normalized spacial score (nSPS) is 14.1. The highest BCUT2D eigenvalue weighted by Crippen LogP contribution is 2.38. The molecule has 0 bridgehead atoms. The van der Waals surface area contributed by atoms with E-state index in [1.165, 1.54) is 0 Å². The predicted molar refractivity (Wildman–Crippen MR) is 113 cm³/mol. The number of aromatic carboxylic acids is 1. The van der Waals surface area contributed by atoms with Gasteiger partial charge in [-0.2, -0.15) is 0 Å². The topological polar surface area (TPSA) is 113 Å². The molecule has 0 unspecified atom stereocenters. The summed E-state index contributed by atoms with van der Waals surface area (Å²) >= 11 is 6.50. The summed E-state index contributed by atoms with van der Waals surface area (Å²) in [7, 11) is 0. The Morgan fingerprint density at radius 3 is 2.59 bits per heavy atom. The molecule has 2 aromatic heterocycles. The fourth-order valence-corrected chi connectivity index (χ4v) is 4.14. The van der Waals surface area contributed by atoms with Crippen molar-refractivity contribution in [3.8, 4) is 5.82 Å². The van der Waals surface area contributed by atoms with Gasteiger partial charge in [0.05, 0.1) is 21.6 Å². The number of carboxylic acid groups (broad SMARTS) is 1. The predicted octanol–water partition coefficient (Wildman–Crippen LogP) is 2.53. The maximum atomic E-state index is 15.0. The number of nitrogen functional groups attached to an aromatic ring is 1. The summed E-state index contributed by atoms with van der Waals surface area (Å²) in [5.74, 6) is -6.02. The molecule has 1 fully saturated rings. The minimum Gasteiger partial charge on any atom is -0.477 e. The SMILES string of the molecule is CCNC1CN(c2c(F)cc3c(=O)c(C(=O)O)cn(-c4nc(N)c(F)cc4F)c3c2Cl)C1. The van der Waals surface area contributed by atoms with E-state index in [0.717, 1.165) is 23.4 Å². The second-order valence-corrected chi connectivity index (χ2v) is 7.66. The van der Waals surface area contributed by atoms with Crippen molar-refractivity contribution in [2.75, 3.05) is 30.3 Å². The lowest BCUT2D eigenvalue weighted by Gasteiger charge is -2.42. The highest BCUT2D eigenvalue weighted by molar-refractivity contribution is 6.38. The van der Waals surface area contributed by atoms with Crippen LogP contribution >= 0.6 is 11.6 Å². The highest BCUT2D eigenvalue weighted by Gasteiger charge is 2.32. The van der Waals surface area contributed by atoms with Crippen molar-refractivity contribution >= 4 is 40.0 Å². The van der Waals surface area contributed by atoms with Crippen molar-refractivity contribution in [3.63, 3.8) is 0 Å². The van der Waals surface area contributed by atoms with Crippen LogP contribution in [0.3, 0.4) is 0 Å². The van der Waals surface area contributed by atoms with Crippen molar-refractivity contribution in [2.45, 2.75) is 13.0 Å². The average molecular weight is 468 g/mol. The van der Waals surface area contributed by atoms with Crippen LogP contribution in [0.1, 0.15) is 17.3 Å². The number of halogens is 4. The molecule has 3 aromatic rings. The Kier molecular flexibility index (Phi) is 5.47. The summed E-state index contributed by atoms with van der Waals surface area (Å²) in [4.78, 5) is 29.6. The molecule has 32 heavy (non-hydrogen) atoms. The molecule has 1 aliphatic heterocycles. The van der Waals surface area contributed by atoms with Crippen molar-refractivity contribution in [1.82, 2.24) is 14.9 Å². The standard InChI is InChI=1S/C20H17ClF3N5O3/c1-2-26-8-5-28(6-8)16-11(22)3-9-15(14(16)21)29(7-10(17(9)30)20(31)32)19-13(24)4-12(23)18(25)27-19/h3-4,7-8,26H,2,5-6H2,1H3,(H2,25,27)(H,31,32). The summed E-state index contributed by atoms with van der Waals surface area (Å²) in [5, 5.41) is 12.0. The third kappa shape index (κ3) is 3.43. The largest absolute Gasteiger partial charge is 0.477 e. The number of pyridine rings is 2. The second-order valence-electron chi connectivity index (χ2n) is 7.28. The van der Waals surface area contributed by atoms with Crippen molar-refractivity contribution < 1.29 is 23.1 Å². The molecule has 0 aliphatic carbocycles. The van der Waals surface area contributed by atoms with Gasteiger partial charge in [0.25, 0.3) is 0 Å². The van der Waals surface area contributed by atoms with Gasteiger partial charge in [-0.05, 0) is 12.6 Å². The van der Waals surface area contributed by atoms with Crippen LogP contribution in [-0.2, 0) is 0 Å². The zero-order valence-corrected chi connectivity index (χ0v) is 17.4. The summed E-state index contributed by atoms with van der Waals surface area (Å²) < 4.78 is 44.1. The molecule has 0 atom stereocenters. The lowest BCUT2D eigenvalue weighted by molar-refractivity contribution is 0.0695. The van der Waals surface area contributed by atoms with E-state index in [1.807, 2.05) is 6.92 Å². The number of likely N-dealkylation sites (N-methyl/N-ethyl adjacent to an activating group) is 1. The van der Waals surface area contributed by atoms with E-state index >= 15 is 4.39 Å². The number of anilines is 2. The molecular weight excluding hydrogens is 451 g/mol. The van der Waals surface area contributed by atoms with E-state index in [-0.39, 0.29) is 22.3 Å². The van der Waals surface area contributed by atoms with Crippen LogP contribution in [0.4, 0.5) is 24.7 Å². The Balaban J connectivity index is 2.03. The fourth-order valence-electron chi connectivity index (χ4n) is 3.73. The number of nitrogens with two attached hydrogens (primary N) is 1. The maximum absolute atomic E-state index is 15.0. The number of nitrogens with one attached hydrogen (secondary N) is 1. The third-order valence-corrected chi connectivity index (χ3v) is 5.60. The van der Waals surface area contributed by atoms with Gasteiger partial charge in [-0.15, -0.1) is 0 Å². The molecule has 0 spiro atoms. The maximum Gasteiger partial charge on any atom is 0.341 e. The minimum atomic E-state index is -1.63.